The zero-order valence-corrected chi connectivity index (χ0v) is 19.2. The van der Waals surface area contributed by atoms with Gasteiger partial charge in [0.15, 0.2) is 5.11 Å². The average Bonchev–Trinajstić information content (AvgIpc) is 2.87. The number of hydrogen-bond acceptors (Lipinski definition) is 4. The molecule has 5 rings (SSSR count). The normalized spacial score (nSPS) is 14.9. The molecule has 172 valence electrons. The van der Waals surface area contributed by atoms with Gasteiger partial charge in [-0.05, 0) is 52.8 Å². The van der Waals surface area contributed by atoms with Gasteiger partial charge < -0.3 is 4.74 Å². The van der Waals surface area contributed by atoms with Crippen molar-refractivity contribution in [2.24, 2.45) is 0 Å². The number of rotatable bonds is 5. The van der Waals surface area contributed by atoms with Crippen LogP contribution in [0.1, 0.15) is 11.1 Å². The first-order valence-corrected chi connectivity index (χ1v) is 11.3. The smallest absolute Gasteiger partial charge is 0.270 e. The van der Waals surface area contributed by atoms with Crippen molar-refractivity contribution in [1.29, 1.82) is 0 Å². The largest absolute Gasteiger partial charge is 0.488 e. The fraction of sp³-hybridized carbons (Fsp3) is 0.0357. The van der Waals surface area contributed by atoms with E-state index in [9.17, 15) is 14.0 Å². The SMILES string of the molecule is O=C1NC(=S)N(c2ccccc2F)C(=O)/C1=C/c1ccccc1OCc1cccc2ccccc12. The number of para-hydroxylation sites is 2. The number of amides is 2. The van der Waals surface area contributed by atoms with Gasteiger partial charge in [-0.2, -0.15) is 0 Å². The van der Waals surface area contributed by atoms with Crippen LogP contribution in [0, 0.1) is 5.82 Å². The monoisotopic (exact) mass is 482 g/mol. The maximum atomic E-state index is 14.4. The van der Waals surface area contributed by atoms with Gasteiger partial charge in [0.25, 0.3) is 11.8 Å². The molecular weight excluding hydrogens is 463 g/mol. The Bertz CT molecular complexity index is 1510. The van der Waals surface area contributed by atoms with Crippen LogP contribution in [-0.2, 0) is 16.2 Å². The van der Waals surface area contributed by atoms with Gasteiger partial charge in [-0.3, -0.25) is 14.9 Å². The van der Waals surface area contributed by atoms with Crippen molar-refractivity contribution in [2.45, 2.75) is 6.61 Å². The Morgan fingerprint density at radius 3 is 2.46 bits per heavy atom. The average molecular weight is 483 g/mol. The number of ether oxygens (including phenoxy) is 1. The Hall–Kier alpha value is -4.36. The van der Waals surface area contributed by atoms with Crippen molar-refractivity contribution in [1.82, 2.24) is 5.32 Å². The summed E-state index contributed by atoms with van der Waals surface area (Å²) in [6.07, 6.45) is 1.44. The quantitative estimate of drug-likeness (QED) is 0.235. The van der Waals surface area contributed by atoms with Gasteiger partial charge in [0.2, 0.25) is 0 Å². The second kappa shape index (κ2) is 9.48. The summed E-state index contributed by atoms with van der Waals surface area (Å²) in [6.45, 7) is 0.299. The lowest BCUT2D eigenvalue weighted by atomic mass is 10.0. The first kappa shape index (κ1) is 22.4. The number of thiocarbonyl (C=S) groups is 1. The van der Waals surface area contributed by atoms with Crippen LogP contribution in [0.3, 0.4) is 0 Å². The molecule has 0 radical (unpaired) electrons. The van der Waals surface area contributed by atoms with Crippen LogP contribution in [0.4, 0.5) is 10.1 Å². The van der Waals surface area contributed by atoms with Crippen molar-refractivity contribution in [3.63, 3.8) is 0 Å². The Morgan fingerprint density at radius 1 is 0.886 bits per heavy atom. The van der Waals surface area contributed by atoms with Crippen molar-refractivity contribution in [2.75, 3.05) is 4.90 Å². The van der Waals surface area contributed by atoms with Crippen LogP contribution in [0.2, 0.25) is 0 Å². The molecule has 0 spiro atoms. The predicted molar refractivity (Wildman–Crippen MR) is 137 cm³/mol. The van der Waals surface area contributed by atoms with Crippen molar-refractivity contribution < 1.29 is 18.7 Å². The van der Waals surface area contributed by atoms with Crippen LogP contribution in [0.5, 0.6) is 5.75 Å². The summed E-state index contributed by atoms with van der Waals surface area (Å²) in [6, 6.07) is 26.9. The topological polar surface area (TPSA) is 58.6 Å². The van der Waals surface area contributed by atoms with E-state index in [0.717, 1.165) is 21.2 Å². The first-order chi connectivity index (χ1) is 17.0. The maximum Gasteiger partial charge on any atom is 0.270 e. The molecule has 5 nitrogen and oxygen atoms in total. The number of benzene rings is 4. The van der Waals surface area contributed by atoms with Crippen LogP contribution < -0.4 is 15.0 Å². The fourth-order valence-electron chi connectivity index (χ4n) is 3.97. The Morgan fingerprint density at radius 2 is 1.60 bits per heavy atom. The maximum absolute atomic E-state index is 14.4. The molecule has 0 bridgehead atoms. The van der Waals surface area contributed by atoms with E-state index in [1.165, 1.54) is 24.3 Å². The summed E-state index contributed by atoms with van der Waals surface area (Å²) in [4.78, 5) is 26.9. The van der Waals surface area contributed by atoms with Crippen molar-refractivity contribution in [3.8, 4) is 5.75 Å². The fourth-order valence-corrected chi connectivity index (χ4v) is 4.24. The number of fused-ring (bicyclic) bond motifs is 1. The van der Waals surface area contributed by atoms with E-state index >= 15 is 0 Å². The number of hydrogen-bond donors (Lipinski definition) is 1. The van der Waals surface area contributed by atoms with Gasteiger partial charge in [0.05, 0.1) is 5.69 Å². The number of carbonyl (C=O) groups is 2. The molecule has 1 aliphatic heterocycles. The van der Waals surface area contributed by atoms with E-state index in [0.29, 0.717) is 17.9 Å². The minimum Gasteiger partial charge on any atom is -0.488 e. The standard InChI is InChI=1S/C28H19FN2O3S/c29-23-13-4-5-14-24(23)31-27(33)22(26(32)30-28(31)35)16-19-9-2-6-15-25(19)34-17-20-11-7-10-18-8-1-3-12-21(18)20/h1-16H,17H2,(H,30,32,35)/b22-16+. The molecule has 0 atom stereocenters. The van der Waals surface area contributed by atoms with Crippen LogP contribution >= 0.6 is 12.2 Å². The molecular formula is C28H19FN2O3S. The van der Waals surface area contributed by atoms with E-state index < -0.39 is 17.6 Å². The molecule has 1 aliphatic rings. The van der Waals surface area contributed by atoms with E-state index in [2.05, 4.69) is 5.32 Å². The van der Waals surface area contributed by atoms with Gasteiger partial charge in [0, 0.05) is 5.56 Å². The molecule has 35 heavy (non-hydrogen) atoms. The molecule has 7 heteroatoms. The summed E-state index contributed by atoms with van der Waals surface area (Å²) in [7, 11) is 0. The molecule has 0 saturated carbocycles. The number of anilines is 1. The summed E-state index contributed by atoms with van der Waals surface area (Å²) >= 11 is 5.16. The molecule has 1 N–H and O–H groups in total. The van der Waals surface area contributed by atoms with Gasteiger partial charge in [-0.1, -0.05) is 72.8 Å². The van der Waals surface area contributed by atoms with E-state index in [4.69, 9.17) is 17.0 Å². The van der Waals surface area contributed by atoms with Crippen molar-refractivity contribution in [3.05, 3.63) is 114 Å². The van der Waals surface area contributed by atoms with Crippen LogP contribution in [0.25, 0.3) is 16.8 Å². The Labute approximate surface area is 206 Å². The van der Waals surface area contributed by atoms with E-state index in [1.54, 1.807) is 24.3 Å². The number of nitrogens with one attached hydrogen (secondary N) is 1. The third-order valence-corrected chi connectivity index (χ3v) is 5.96. The summed E-state index contributed by atoms with van der Waals surface area (Å²) in [5, 5.41) is 4.49. The minimum atomic E-state index is -0.715. The van der Waals surface area contributed by atoms with Crippen LogP contribution in [0.15, 0.2) is 96.6 Å². The minimum absolute atomic E-state index is 0.0334. The highest BCUT2D eigenvalue weighted by Crippen LogP contribution is 2.28. The summed E-state index contributed by atoms with van der Waals surface area (Å²) < 4.78 is 20.5. The lowest BCUT2D eigenvalue weighted by Crippen LogP contribution is -2.54. The molecule has 0 aromatic heterocycles. The predicted octanol–water partition coefficient (Wildman–Crippen LogP) is 5.39. The molecule has 4 aromatic carbocycles. The second-order valence-corrected chi connectivity index (χ2v) is 8.26. The van der Waals surface area contributed by atoms with Gasteiger partial charge in [-0.15, -0.1) is 0 Å². The Balaban J connectivity index is 1.46. The lowest BCUT2D eigenvalue weighted by Gasteiger charge is -2.29. The third kappa shape index (κ3) is 4.41. The van der Waals surface area contributed by atoms with Gasteiger partial charge in [-0.25, -0.2) is 9.29 Å². The second-order valence-electron chi connectivity index (χ2n) is 7.87. The van der Waals surface area contributed by atoms with Gasteiger partial charge in [0.1, 0.15) is 23.7 Å². The number of halogens is 1. The van der Waals surface area contributed by atoms with Crippen LogP contribution in [-0.4, -0.2) is 16.9 Å². The van der Waals surface area contributed by atoms with E-state index in [1.807, 2.05) is 48.5 Å². The molecule has 0 unspecified atom stereocenters. The van der Waals surface area contributed by atoms with E-state index in [-0.39, 0.29) is 16.4 Å². The molecule has 4 aromatic rings. The number of nitrogens with zero attached hydrogens (tertiary/aromatic N) is 1. The molecule has 1 fully saturated rings. The van der Waals surface area contributed by atoms with Gasteiger partial charge >= 0.3 is 0 Å². The zero-order chi connectivity index (χ0) is 24.4. The highest BCUT2D eigenvalue weighted by atomic mass is 32.1. The molecule has 1 heterocycles. The molecule has 0 aliphatic carbocycles. The Kier molecular flexibility index (Phi) is 6.08. The lowest BCUT2D eigenvalue weighted by molar-refractivity contribution is -0.122. The summed E-state index contributed by atoms with van der Waals surface area (Å²) in [5.74, 6) is -1.50. The first-order valence-electron chi connectivity index (χ1n) is 10.9. The highest BCUT2D eigenvalue weighted by Gasteiger charge is 2.35. The molecule has 2 amide bonds. The molecule has 1 saturated heterocycles. The number of carbonyl (C=O) groups excluding carboxylic acids is 2. The summed E-state index contributed by atoms with van der Waals surface area (Å²) in [5.41, 5.74) is 1.33. The highest BCUT2D eigenvalue weighted by molar-refractivity contribution is 7.80. The third-order valence-electron chi connectivity index (χ3n) is 5.68. The van der Waals surface area contributed by atoms with Crippen molar-refractivity contribution >= 4 is 51.7 Å². The zero-order valence-electron chi connectivity index (χ0n) is 18.4.